The zero-order chi connectivity index (χ0) is 24.5. The lowest BCUT2D eigenvalue weighted by atomic mass is 9.84. The zero-order valence-electron chi connectivity index (χ0n) is 20.0. The number of halogens is 3. The summed E-state index contributed by atoms with van der Waals surface area (Å²) in [6.07, 6.45) is 4.30. The van der Waals surface area contributed by atoms with Crippen LogP contribution in [0.3, 0.4) is 0 Å². The number of aliphatic imine (C=N–C) groups is 1. The van der Waals surface area contributed by atoms with E-state index in [-0.39, 0.29) is 5.56 Å². The second-order valence-corrected chi connectivity index (χ2v) is 10.9. The van der Waals surface area contributed by atoms with E-state index in [1.54, 1.807) is 0 Å². The minimum Gasteiger partial charge on any atom is -0.363 e. The Morgan fingerprint density at radius 2 is 2.00 bits per heavy atom. The van der Waals surface area contributed by atoms with Gasteiger partial charge in [-0.2, -0.15) is 8.78 Å². The van der Waals surface area contributed by atoms with Crippen LogP contribution in [0.25, 0.3) is 5.57 Å². The molecule has 0 aliphatic carbocycles. The Balaban J connectivity index is 1.46. The Bertz CT molecular complexity index is 1130. The van der Waals surface area contributed by atoms with Crippen molar-refractivity contribution in [3.8, 4) is 0 Å². The van der Waals surface area contributed by atoms with Gasteiger partial charge in [-0.25, -0.2) is 0 Å². The fourth-order valence-corrected chi connectivity index (χ4v) is 6.30. The minimum absolute atomic E-state index is 0.0477. The lowest BCUT2D eigenvalue weighted by Gasteiger charge is -2.45. The van der Waals surface area contributed by atoms with E-state index in [2.05, 4.69) is 41.6 Å². The summed E-state index contributed by atoms with van der Waals surface area (Å²) in [6, 6.07) is 9.70. The van der Waals surface area contributed by atoms with E-state index in [0.29, 0.717) is 22.1 Å². The van der Waals surface area contributed by atoms with Crippen LogP contribution in [0, 0.1) is 6.92 Å². The standard InChI is InChI=1S/C27H31ClF2N2OS/c1-18-7-5-6-8-22(18)19(2)9-10-21(20(3)31-4)16-32-13-11-26(12-14-32)25-23(15-24(28)34-25)27(29,30)17-33-26/h5-8,10,15H,2,9,11-14,16-17H2,1,3-4H3. The highest BCUT2D eigenvalue weighted by Crippen LogP contribution is 2.52. The summed E-state index contributed by atoms with van der Waals surface area (Å²) < 4.78 is 35.1. The number of hydrogen-bond acceptors (Lipinski definition) is 4. The first-order chi connectivity index (χ1) is 16.1. The number of nitrogens with zero attached hydrogens (tertiary/aromatic N) is 2. The molecule has 0 bridgehead atoms. The number of fused-ring (bicyclic) bond motifs is 2. The molecule has 1 aromatic heterocycles. The summed E-state index contributed by atoms with van der Waals surface area (Å²) in [5.41, 5.74) is 5.03. The van der Waals surface area contributed by atoms with Gasteiger partial charge < -0.3 is 4.74 Å². The van der Waals surface area contributed by atoms with Gasteiger partial charge in [0.25, 0.3) is 5.92 Å². The van der Waals surface area contributed by atoms with E-state index in [9.17, 15) is 8.78 Å². The maximum Gasteiger partial charge on any atom is 0.297 e. The molecule has 7 heteroatoms. The Hall–Kier alpha value is -1.86. The molecule has 2 aliphatic rings. The number of ether oxygens (including phenoxy) is 1. The normalized spacial score (nSPS) is 20.4. The van der Waals surface area contributed by atoms with Gasteiger partial charge in [0.15, 0.2) is 0 Å². The van der Waals surface area contributed by atoms with Gasteiger partial charge in [-0.3, -0.25) is 9.89 Å². The third kappa shape index (κ3) is 5.06. The molecule has 1 fully saturated rings. The molecule has 0 unspecified atom stereocenters. The molecule has 182 valence electrons. The highest BCUT2D eigenvalue weighted by molar-refractivity contribution is 7.16. The molecule has 2 aliphatic heterocycles. The Kier molecular flexibility index (Phi) is 7.44. The van der Waals surface area contributed by atoms with Crippen LogP contribution in [0.15, 0.2) is 53.6 Å². The first kappa shape index (κ1) is 25.2. The van der Waals surface area contributed by atoms with Gasteiger partial charge in [0, 0.05) is 42.8 Å². The molecule has 3 nitrogen and oxygen atoms in total. The maximum atomic E-state index is 14.4. The largest absolute Gasteiger partial charge is 0.363 e. The van der Waals surface area contributed by atoms with Crippen LogP contribution in [0.1, 0.15) is 47.8 Å². The number of rotatable bonds is 6. The first-order valence-electron chi connectivity index (χ1n) is 11.6. The molecule has 0 radical (unpaired) electrons. The molecule has 0 N–H and O–H groups in total. The lowest BCUT2D eigenvalue weighted by Crippen LogP contribution is -2.49. The molecular weight excluding hydrogens is 474 g/mol. The van der Waals surface area contributed by atoms with E-state index >= 15 is 0 Å². The summed E-state index contributed by atoms with van der Waals surface area (Å²) in [5.74, 6) is -2.98. The van der Waals surface area contributed by atoms with Crippen molar-refractivity contribution in [1.82, 2.24) is 4.90 Å². The minimum atomic E-state index is -2.98. The second-order valence-electron chi connectivity index (χ2n) is 9.22. The third-order valence-corrected chi connectivity index (χ3v) is 8.47. The third-order valence-electron chi connectivity index (χ3n) is 7.02. The molecule has 3 heterocycles. The second kappa shape index (κ2) is 10.0. The number of alkyl halides is 2. The van der Waals surface area contributed by atoms with E-state index in [1.807, 2.05) is 26.1 Å². The molecule has 1 aromatic carbocycles. The number of likely N-dealkylation sites (tertiary alicyclic amines) is 1. The van der Waals surface area contributed by atoms with Gasteiger partial charge >= 0.3 is 0 Å². The number of aryl methyl sites for hydroxylation is 1. The molecule has 1 spiro atoms. The van der Waals surface area contributed by atoms with Crippen molar-refractivity contribution in [3.63, 3.8) is 0 Å². The van der Waals surface area contributed by atoms with E-state index in [1.165, 1.54) is 34.1 Å². The number of benzene rings is 1. The lowest BCUT2D eigenvalue weighted by molar-refractivity contribution is -0.181. The van der Waals surface area contributed by atoms with Crippen molar-refractivity contribution in [2.45, 2.75) is 44.6 Å². The molecular formula is C27H31ClF2N2OS. The number of thiophene rings is 1. The van der Waals surface area contributed by atoms with Crippen LogP contribution in [0.2, 0.25) is 4.34 Å². The number of hydrogen-bond donors (Lipinski definition) is 0. The summed E-state index contributed by atoms with van der Waals surface area (Å²) in [6.45, 7) is 10.1. The Labute approximate surface area is 209 Å². The topological polar surface area (TPSA) is 24.8 Å². The van der Waals surface area contributed by atoms with E-state index in [4.69, 9.17) is 16.3 Å². The molecule has 1 saturated heterocycles. The van der Waals surface area contributed by atoms with Crippen LogP contribution < -0.4 is 0 Å². The van der Waals surface area contributed by atoms with Gasteiger partial charge in [-0.1, -0.05) is 48.5 Å². The SMILES string of the molecule is C=C(CC=C(CN1CCC2(CC1)OCC(F)(F)c1cc(Cl)sc12)C(C)=NC)c1ccccc1C. The van der Waals surface area contributed by atoms with Crippen molar-refractivity contribution < 1.29 is 13.5 Å². The zero-order valence-corrected chi connectivity index (χ0v) is 21.5. The van der Waals surface area contributed by atoms with Gasteiger partial charge in [0.05, 0.1) is 4.34 Å². The summed E-state index contributed by atoms with van der Waals surface area (Å²) in [7, 11) is 1.81. The van der Waals surface area contributed by atoms with Crippen molar-refractivity contribution in [1.29, 1.82) is 0 Å². The van der Waals surface area contributed by atoms with Gasteiger partial charge in [-0.05, 0) is 61.4 Å². The van der Waals surface area contributed by atoms with Crippen LogP contribution in [0.5, 0.6) is 0 Å². The van der Waals surface area contributed by atoms with Gasteiger partial charge in [0.1, 0.15) is 12.2 Å². The fraction of sp³-hybridized carbons (Fsp3) is 0.444. The van der Waals surface area contributed by atoms with Crippen molar-refractivity contribution in [2.24, 2.45) is 4.99 Å². The van der Waals surface area contributed by atoms with Crippen LogP contribution in [-0.2, 0) is 16.3 Å². The Morgan fingerprint density at radius 1 is 1.29 bits per heavy atom. The molecule has 0 amide bonds. The Morgan fingerprint density at radius 3 is 2.68 bits per heavy atom. The van der Waals surface area contributed by atoms with Crippen molar-refractivity contribution in [2.75, 3.05) is 33.3 Å². The number of piperidine rings is 1. The highest BCUT2D eigenvalue weighted by Gasteiger charge is 2.51. The quantitative estimate of drug-likeness (QED) is 0.387. The van der Waals surface area contributed by atoms with E-state index in [0.717, 1.165) is 37.3 Å². The molecule has 2 aromatic rings. The van der Waals surface area contributed by atoms with Crippen molar-refractivity contribution in [3.05, 3.63) is 74.5 Å². The fourth-order valence-electron chi connectivity index (χ4n) is 4.82. The van der Waals surface area contributed by atoms with Crippen LogP contribution in [-0.4, -0.2) is 43.9 Å². The van der Waals surface area contributed by atoms with Crippen molar-refractivity contribution >= 4 is 34.2 Å². The predicted molar refractivity (Wildman–Crippen MR) is 138 cm³/mol. The monoisotopic (exact) mass is 504 g/mol. The van der Waals surface area contributed by atoms with Gasteiger partial charge in [-0.15, -0.1) is 11.3 Å². The van der Waals surface area contributed by atoms with E-state index < -0.39 is 18.1 Å². The van der Waals surface area contributed by atoms with Crippen LogP contribution in [0.4, 0.5) is 8.78 Å². The first-order valence-corrected chi connectivity index (χ1v) is 12.8. The highest BCUT2D eigenvalue weighted by atomic mass is 35.5. The summed E-state index contributed by atoms with van der Waals surface area (Å²) in [5, 5.41) is 0. The summed E-state index contributed by atoms with van der Waals surface area (Å²) in [4.78, 5) is 7.38. The number of allylic oxidation sites excluding steroid dienone is 2. The molecule has 0 saturated carbocycles. The average Bonchev–Trinajstić information content (AvgIpc) is 3.24. The maximum absolute atomic E-state index is 14.4. The average molecular weight is 505 g/mol. The molecule has 34 heavy (non-hydrogen) atoms. The molecule has 4 rings (SSSR count). The van der Waals surface area contributed by atoms with Gasteiger partial charge in [0.2, 0.25) is 0 Å². The molecule has 0 atom stereocenters. The predicted octanol–water partition coefficient (Wildman–Crippen LogP) is 7.24. The smallest absolute Gasteiger partial charge is 0.297 e. The van der Waals surface area contributed by atoms with Crippen LogP contribution >= 0.6 is 22.9 Å². The summed E-state index contributed by atoms with van der Waals surface area (Å²) >= 11 is 7.37.